The van der Waals surface area contributed by atoms with Crippen molar-refractivity contribution in [3.05, 3.63) is 27.3 Å². The highest BCUT2D eigenvalue weighted by Gasteiger charge is 2.76. The molecule has 0 aromatic carbocycles. The van der Waals surface area contributed by atoms with Crippen LogP contribution in [0.2, 0.25) is 0 Å². The zero-order valence-corrected chi connectivity index (χ0v) is 21.1. The fourth-order valence-corrected chi connectivity index (χ4v) is 9.52. The number of fused-ring (bicyclic) bond motifs is 6. The minimum Gasteiger partial charge on any atom is -0.483 e. The lowest BCUT2D eigenvalue weighted by molar-refractivity contribution is -0.408. The average Bonchev–Trinajstić information content (AvgIpc) is 2.76. The SMILES string of the molecule is Cc1oc(=O)c2c(c1C)O[C@@]1(C)[C@H](O)[C@H](O)[C@H]3[C@@](C)(CC[C@H]4C(C)(C)[C@@]5(O)CC[C@@]43CO5)[C@@H]1C2. The van der Waals surface area contributed by atoms with Gasteiger partial charge in [0, 0.05) is 34.7 Å². The fraction of sp³-hybridized carbons (Fsp3) is 0.815. The molecule has 4 heterocycles. The molecule has 1 aromatic heterocycles. The Bertz CT molecular complexity index is 1110. The molecule has 34 heavy (non-hydrogen) atoms. The molecule has 3 N–H and O–H groups in total. The molecule has 0 unspecified atom stereocenters. The van der Waals surface area contributed by atoms with E-state index in [-0.39, 0.29) is 34.2 Å². The molecular weight excluding hydrogens is 436 g/mol. The highest BCUT2D eigenvalue weighted by Crippen LogP contribution is 2.74. The highest BCUT2D eigenvalue weighted by atomic mass is 16.6. The summed E-state index contributed by atoms with van der Waals surface area (Å²) in [6, 6.07) is 0. The van der Waals surface area contributed by atoms with Crippen LogP contribution in [0.3, 0.4) is 0 Å². The maximum atomic E-state index is 12.9. The summed E-state index contributed by atoms with van der Waals surface area (Å²) in [5, 5.41) is 34.8. The summed E-state index contributed by atoms with van der Waals surface area (Å²) in [6.45, 7) is 12.3. The average molecular weight is 475 g/mol. The third-order valence-corrected chi connectivity index (χ3v) is 11.5. The standard InChI is InChI=1S/C27H38O7/c1-13-14(2)33-22(30)15-11-17-24(5)8-7-16-23(3,4)27(31)10-9-26(16,12-32-27)20(24)18(28)21(29)25(17,6)34-19(13)15/h16-18,20-21,28-29,31H,7-12H2,1-6H3/t16-,17-,18+,20-,21+,24-,25+,26+,27+/m0/s1. The number of rotatable bonds is 0. The molecule has 7 heteroatoms. The van der Waals surface area contributed by atoms with Crippen LogP contribution in [0.5, 0.6) is 5.75 Å². The second kappa shape index (κ2) is 6.47. The Kier molecular flexibility index (Phi) is 4.38. The summed E-state index contributed by atoms with van der Waals surface area (Å²) < 4.78 is 18.2. The predicted octanol–water partition coefficient (Wildman–Crippen LogP) is 2.86. The normalized spacial score (nSPS) is 50.4. The fourth-order valence-electron chi connectivity index (χ4n) is 9.52. The summed E-state index contributed by atoms with van der Waals surface area (Å²) >= 11 is 0. The van der Waals surface area contributed by atoms with E-state index in [4.69, 9.17) is 13.9 Å². The molecule has 9 atom stereocenters. The van der Waals surface area contributed by atoms with E-state index in [1.54, 1.807) is 6.92 Å². The number of hydrogen-bond acceptors (Lipinski definition) is 7. The van der Waals surface area contributed by atoms with E-state index in [2.05, 4.69) is 20.8 Å². The van der Waals surface area contributed by atoms with E-state index in [1.165, 1.54) is 0 Å². The van der Waals surface area contributed by atoms with Crippen molar-refractivity contribution in [3.8, 4) is 5.75 Å². The van der Waals surface area contributed by atoms with Crippen LogP contribution in [-0.2, 0) is 11.2 Å². The third-order valence-electron chi connectivity index (χ3n) is 11.5. The molecule has 0 amide bonds. The van der Waals surface area contributed by atoms with Gasteiger partial charge in [0.05, 0.1) is 18.3 Å². The molecular formula is C27H38O7. The van der Waals surface area contributed by atoms with E-state index in [9.17, 15) is 20.1 Å². The van der Waals surface area contributed by atoms with Crippen molar-refractivity contribution >= 4 is 0 Å². The van der Waals surface area contributed by atoms with Gasteiger partial charge in [-0.1, -0.05) is 20.8 Å². The van der Waals surface area contributed by atoms with Gasteiger partial charge in [-0.15, -0.1) is 0 Å². The van der Waals surface area contributed by atoms with Gasteiger partial charge in [-0.3, -0.25) is 0 Å². The first-order chi connectivity index (χ1) is 15.7. The van der Waals surface area contributed by atoms with E-state index in [1.807, 2.05) is 13.8 Å². The van der Waals surface area contributed by atoms with Gasteiger partial charge < -0.3 is 29.2 Å². The first-order valence-electron chi connectivity index (χ1n) is 12.8. The number of ether oxygens (including phenoxy) is 2. The number of aryl methyl sites for hydroxylation is 1. The largest absolute Gasteiger partial charge is 0.483 e. The topological polar surface area (TPSA) is 109 Å². The third kappa shape index (κ3) is 2.36. The van der Waals surface area contributed by atoms with Crippen molar-refractivity contribution in [2.24, 2.45) is 34.0 Å². The summed E-state index contributed by atoms with van der Waals surface area (Å²) in [7, 11) is 0. The smallest absolute Gasteiger partial charge is 0.342 e. The molecule has 3 saturated carbocycles. The van der Waals surface area contributed by atoms with Crippen LogP contribution in [0.25, 0.3) is 0 Å². The van der Waals surface area contributed by atoms with Gasteiger partial charge in [-0.2, -0.15) is 0 Å². The Morgan fingerprint density at radius 1 is 1.00 bits per heavy atom. The zero-order chi connectivity index (χ0) is 24.6. The Hall–Kier alpha value is -1.41. The molecule has 1 aromatic rings. The quantitative estimate of drug-likeness (QED) is 0.530. The molecule has 7 nitrogen and oxygen atoms in total. The number of hydrogen-bond donors (Lipinski definition) is 3. The maximum absolute atomic E-state index is 12.9. The van der Waals surface area contributed by atoms with Crippen LogP contribution < -0.4 is 10.4 Å². The molecule has 188 valence electrons. The van der Waals surface area contributed by atoms with Gasteiger partial charge in [0.2, 0.25) is 0 Å². The molecule has 3 aliphatic heterocycles. The van der Waals surface area contributed by atoms with E-state index in [0.717, 1.165) is 24.8 Å². The molecule has 2 saturated heterocycles. The molecule has 2 bridgehead atoms. The summed E-state index contributed by atoms with van der Waals surface area (Å²) in [4.78, 5) is 12.9. The van der Waals surface area contributed by atoms with Crippen molar-refractivity contribution in [1.82, 2.24) is 0 Å². The lowest BCUT2D eigenvalue weighted by Gasteiger charge is -2.74. The van der Waals surface area contributed by atoms with Gasteiger partial charge in [0.25, 0.3) is 0 Å². The van der Waals surface area contributed by atoms with Gasteiger partial charge >= 0.3 is 5.63 Å². The molecule has 1 spiro atoms. The van der Waals surface area contributed by atoms with Gasteiger partial charge in [0.1, 0.15) is 23.2 Å². The van der Waals surface area contributed by atoms with Crippen LogP contribution in [0.15, 0.2) is 9.21 Å². The lowest BCUT2D eigenvalue weighted by Crippen LogP contribution is -2.79. The Balaban J connectivity index is 1.52. The van der Waals surface area contributed by atoms with Crippen molar-refractivity contribution in [3.63, 3.8) is 0 Å². The van der Waals surface area contributed by atoms with Gasteiger partial charge in [-0.25, -0.2) is 4.79 Å². The first kappa shape index (κ1) is 23.0. The summed E-state index contributed by atoms with van der Waals surface area (Å²) in [5.74, 6) is -0.388. The van der Waals surface area contributed by atoms with Gasteiger partial charge in [-0.05, 0) is 57.8 Å². The molecule has 3 aliphatic carbocycles. The Morgan fingerprint density at radius 2 is 1.71 bits per heavy atom. The van der Waals surface area contributed by atoms with Crippen molar-refractivity contribution in [1.29, 1.82) is 0 Å². The molecule has 0 radical (unpaired) electrons. The zero-order valence-electron chi connectivity index (χ0n) is 21.1. The van der Waals surface area contributed by atoms with Crippen LogP contribution in [-0.4, -0.2) is 45.5 Å². The summed E-state index contributed by atoms with van der Waals surface area (Å²) in [6.07, 6.45) is 1.33. The number of aliphatic hydroxyl groups is 3. The van der Waals surface area contributed by atoms with Crippen molar-refractivity contribution in [2.45, 2.75) is 97.2 Å². The minimum atomic E-state index is -1.15. The molecule has 7 rings (SSSR count). The van der Waals surface area contributed by atoms with Crippen LogP contribution in [0, 0.1) is 47.8 Å². The maximum Gasteiger partial charge on any atom is 0.342 e. The van der Waals surface area contributed by atoms with Crippen LogP contribution in [0.4, 0.5) is 0 Å². The lowest BCUT2D eigenvalue weighted by atomic mass is 9.35. The van der Waals surface area contributed by atoms with E-state index in [0.29, 0.717) is 36.5 Å². The molecule has 6 aliphatic rings. The monoisotopic (exact) mass is 474 g/mol. The summed E-state index contributed by atoms with van der Waals surface area (Å²) in [5.41, 5.74) is -1.31. The first-order valence-corrected chi connectivity index (χ1v) is 12.8. The molecule has 5 fully saturated rings. The van der Waals surface area contributed by atoms with Crippen molar-refractivity contribution < 1.29 is 29.2 Å². The van der Waals surface area contributed by atoms with Crippen molar-refractivity contribution in [2.75, 3.05) is 6.61 Å². The Morgan fingerprint density at radius 3 is 2.35 bits per heavy atom. The van der Waals surface area contributed by atoms with E-state index >= 15 is 0 Å². The van der Waals surface area contributed by atoms with E-state index < -0.39 is 29.0 Å². The Labute approximate surface area is 200 Å². The minimum absolute atomic E-state index is 0.170. The van der Waals surface area contributed by atoms with Crippen LogP contribution in [0.1, 0.15) is 70.3 Å². The number of aliphatic hydroxyl groups excluding tert-OH is 2. The predicted molar refractivity (Wildman–Crippen MR) is 123 cm³/mol. The van der Waals surface area contributed by atoms with Crippen LogP contribution >= 0.6 is 0 Å². The van der Waals surface area contributed by atoms with Gasteiger partial charge in [0.15, 0.2) is 5.79 Å². The second-order valence-electron chi connectivity index (χ2n) is 13.0. The highest BCUT2D eigenvalue weighted by molar-refractivity contribution is 5.44. The second-order valence-corrected chi connectivity index (χ2v) is 13.0.